The monoisotopic (exact) mass is 372 g/mol. The fraction of sp³-hybridized carbons (Fsp3) is 0.409. The minimum atomic E-state index is -0.245. The molecule has 4 nitrogen and oxygen atoms in total. The lowest BCUT2D eigenvalue weighted by molar-refractivity contribution is -0.130. The number of hydrogen-bond acceptors (Lipinski definition) is 3. The van der Waals surface area contributed by atoms with Crippen molar-refractivity contribution in [2.45, 2.75) is 39.3 Å². The van der Waals surface area contributed by atoms with E-state index in [1.54, 1.807) is 17.0 Å². The highest BCUT2D eigenvalue weighted by molar-refractivity contribution is 5.76. The van der Waals surface area contributed by atoms with E-state index in [0.717, 1.165) is 30.0 Å². The molecule has 1 amide bonds. The number of rotatable bonds is 9. The molecule has 0 bridgehead atoms. The molecule has 0 radical (unpaired) electrons. The van der Waals surface area contributed by atoms with Crippen LogP contribution < -0.4 is 9.64 Å². The first-order chi connectivity index (χ1) is 12.9. The normalized spacial score (nSPS) is 10.7. The van der Waals surface area contributed by atoms with Gasteiger partial charge in [0.2, 0.25) is 5.91 Å². The quantitative estimate of drug-likeness (QED) is 0.650. The third kappa shape index (κ3) is 6.59. The largest absolute Gasteiger partial charge is 0.491 e. The van der Waals surface area contributed by atoms with Crippen molar-refractivity contribution in [3.8, 4) is 5.75 Å². The SMILES string of the molecule is CC(C)Oc1ccccc1CN(C)C(=O)CCCN(C)c1ccc(F)cc1. The van der Waals surface area contributed by atoms with Gasteiger partial charge >= 0.3 is 0 Å². The van der Waals surface area contributed by atoms with Gasteiger partial charge in [-0.05, 0) is 50.6 Å². The minimum Gasteiger partial charge on any atom is -0.491 e. The molecule has 0 atom stereocenters. The van der Waals surface area contributed by atoms with Crippen molar-refractivity contribution in [2.24, 2.45) is 0 Å². The average molecular weight is 372 g/mol. The van der Waals surface area contributed by atoms with Crippen LogP contribution in [0.5, 0.6) is 5.75 Å². The number of amides is 1. The number of halogens is 1. The predicted octanol–water partition coefficient (Wildman–Crippen LogP) is 4.49. The van der Waals surface area contributed by atoms with Crippen molar-refractivity contribution in [3.05, 3.63) is 59.9 Å². The molecule has 27 heavy (non-hydrogen) atoms. The molecule has 0 saturated heterocycles. The van der Waals surface area contributed by atoms with Crippen LogP contribution in [-0.4, -0.2) is 37.6 Å². The molecule has 0 unspecified atom stereocenters. The second kappa shape index (κ2) is 9.95. The molecule has 0 spiro atoms. The first-order valence-electron chi connectivity index (χ1n) is 9.32. The summed E-state index contributed by atoms with van der Waals surface area (Å²) < 4.78 is 18.8. The molecule has 0 fully saturated rings. The highest BCUT2D eigenvalue weighted by Gasteiger charge is 2.13. The maximum Gasteiger partial charge on any atom is 0.222 e. The maximum atomic E-state index is 13.0. The molecular weight excluding hydrogens is 343 g/mol. The van der Waals surface area contributed by atoms with Crippen LogP contribution in [0.15, 0.2) is 48.5 Å². The topological polar surface area (TPSA) is 32.8 Å². The Labute approximate surface area is 161 Å². The van der Waals surface area contributed by atoms with E-state index in [2.05, 4.69) is 0 Å². The van der Waals surface area contributed by atoms with Gasteiger partial charge in [-0.1, -0.05) is 18.2 Å². The maximum absolute atomic E-state index is 13.0. The van der Waals surface area contributed by atoms with Crippen molar-refractivity contribution in [1.82, 2.24) is 4.90 Å². The minimum absolute atomic E-state index is 0.0918. The molecule has 2 aromatic carbocycles. The van der Waals surface area contributed by atoms with Crippen LogP contribution in [0.2, 0.25) is 0 Å². The van der Waals surface area contributed by atoms with Gasteiger partial charge in [0.1, 0.15) is 11.6 Å². The van der Waals surface area contributed by atoms with Gasteiger partial charge < -0.3 is 14.5 Å². The first-order valence-corrected chi connectivity index (χ1v) is 9.32. The molecule has 0 aliphatic heterocycles. The van der Waals surface area contributed by atoms with Crippen LogP contribution in [0.4, 0.5) is 10.1 Å². The van der Waals surface area contributed by atoms with E-state index in [4.69, 9.17) is 4.74 Å². The highest BCUT2D eigenvalue weighted by atomic mass is 19.1. The molecule has 0 aromatic heterocycles. The van der Waals surface area contributed by atoms with Gasteiger partial charge in [-0.2, -0.15) is 0 Å². The van der Waals surface area contributed by atoms with Gasteiger partial charge in [-0.25, -0.2) is 4.39 Å². The third-order valence-corrected chi connectivity index (χ3v) is 4.32. The zero-order valence-corrected chi connectivity index (χ0v) is 16.6. The first kappa shape index (κ1) is 20.7. The molecule has 0 heterocycles. The van der Waals surface area contributed by atoms with E-state index in [1.165, 1.54) is 12.1 Å². The lowest BCUT2D eigenvalue weighted by Gasteiger charge is -2.22. The van der Waals surface area contributed by atoms with E-state index >= 15 is 0 Å². The molecule has 0 aliphatic rings. The Bertz CT molecular complexity index is 731. The van der Waals surface area contributed by atoms with Crippen LogP contribution in [0.25, 0.3) is 0 Å². The second-order valence-electron chi connectivity index (χ2n) is 7.03. The summed E-state index contributed by atoms with van der Waals surface area (Å²) in [5.41, 5.74) is 1.95. The van der Waals surface area contributed by atoms with Crippen molar-refractivity contribution in [2.75, 3.05) is 25.5 Å². The number of para-hydroxylation sites is 1. The summed E-state index contributed by atoms with van der Waals surface area (Å²) in [7, 11) is 3.76. The Hall–Kier alpha value is -2.56. The zero-order valence-electron chi connectivity index (χ0n) is 16.6. The number of benzene rings is 2. The van der Waals surface area contributed by atoms with Crippen molar-refractivity contribution < 1.29 is 13.9 Å². The Kier molecular flexibility index (Phi) is 7.65. The number of nitrogens with zero attached hydrogens (tertiary/aromatic N) is 2. The second-order valence-corrected chi connectivity index (χ2v) is 7.03. The Morgan fingerprint density at radius 2 is 1.74 bits per heavy atom. The molecule has 2 aromatic rings. The summed E-state index contributed by atoms with van der Waals surface area (Å²) >= 11 is 0. The van der Waals surface area contributed by atoms with Crippen LogP contribution in [-0.2, 0) is 11.3 Å². The fourth-order valence-electron chi connectivity index (χ4n) is 2.83. The van der Waals surface area contributed by atoms with Crippen molar-refractivity contribution >= 4 is 11.6 Å². The van der Waals surface area contributed by atoms with Crippen LogP contribution in [0.3, 0.4) is 0 Å². The van der Waals surface area contributed by atoms with E-state index < -0.39 is 0 Å². The highest BCUT2D eigenvalue weighted by Crippen LogP contribution is 2.21. The summed E-state index contributed by atoms with van der Waals surface area (Å²) in [4.78, 5) is 16.2. The average Bonchev–Trinajstić information content (AvgIpc) is 2.63. The summed E-state index contributed by atoms with van der Waals surface area (Å²) in [5.74, 6) is 0.677. The summed E-state index contributed by atoms with van der Waals surface area (Å²) in [6.45, 7) is 5.24. The number of anilines is 1. The van der Waals surface area contributed by atoms with Crippen molar-refractivity contribution in [3.63, 3.8) is 0 Å². The van der Waals surface area contributed by atoms with Crippen molar-refractivity contribution in [1.29, 1.82) is 0 Å². The smallest absolute Gasteiger partial charge is 0.222 e. The van der Waals surface area contributed by atoms with Gasteiger partial charge in [0.25, 0.3) is 0 Å². The Morgan fingerprint density at radius 1 is 1.07 bits per heavy atom. The molecule has 0 aliphatic carbocycles. The van der Waals surface area contributed by atoms with E-state index in [-0.39, 0.29) is 17.8 Å². The summed E-state index contributed by atoms with van der Waals surface area (Å²) in [5, 5.41) is 0. The molecule has 0 N–H and O–H groups in total. The fourth-order valence-corrected chi connectivity index (χ4v) is 2.83. The number of hydrogen-bond donors (Lipinski definition) is 0. The molecule has 146 valence electrons. The molecule has 5 heteroatoms. The lowest BCUT2D eigenvalue weighted by Crippen LogP contribution is -2.28. The predicted molar refractivity (Wildman–Crippen MR) is 108 cm³/mol. The number of carbonyl (C=O) groups is 1. The van der Waals surface area contributed by atoms with E-state index in [9.17, 15) is 9.18 Å². The van der Waals surface area contributed by atoms with Gasteiger partial charge in [0, 0.05) is 44.9 Å². The molecule has 2 rings (SSSR count). The summed E-state index contributed by atoms with van der Waals surface area (Å²) in [6, 6.07) is 14.2. The summed E-state index contributed by atoms with van der Waals surface area (Å²) in [6.07, 6.45) is 1.30. The van der Waals surface area contributed by atoms with Gasteiger partial charge in [0.05, 0.1) is 6.10 Å². The van der Waals surface area contributed by atoms with Crippen LogP contribution in [0, 0.1) is 5.82 Å². The zero-order chi connectivity index (χ0) is 19.8. The van der Waals surface area contributed by atoms with Gasteiger partial charge in [0.15, 0.2) is 0 Å². The Morgan fingerprint density at radius 3 is 2.41 bits per heavy atom. The molecular formula is C22H29FN2O2. The van der Waals surface area contributed by atoms with Crippen LogP contribution >= 0.6 is 0 Å². The van der Waals surface area contributed by atoms with E-state index in [0.29, 0.717) is 13.0 Å². The van der Waals surface area contributed by atoms with Crippen LogP contribution in [0.1, 0.15) is 32.3 Å². The standard InChI is InChI=1S/C22H29FN2O2/c1-17(2)27-21-9-6-5-8-18(21)16-25(4)22(26)10-7-15-24(3)20-13-11-19(23)12-14-20/h5-6,8-9,11-14,17H,7,10,15-16H2,1-4H3. The number of ether oxygens (including phenoxy) is 1. The van der Waals surface area contributed by atoms with E-state index in [1.807, 2.05) is 57.1 Å². The third-order valence-electron chi connectivity index (χ3n) is 4.32. The Balaban J connectivity index is 1.83. The number of carbonyl (C=O) groups excluding carboxylic acids is 1. The van der Waals surface area contributed by atoms with Gasteiger partial charge in [-0.15, -0.1) is 0 Å². The molecule has 0 saturated carbocycles. The lowest BCUT2D eigenvalue weighted by atomic mass is 10.1. The van der Waals surface area contributed by atoms with Gasteiger partial charge in [-0.3, -0.25) is 4.79 Å².